The Hall–Kier alpha value is -1.43. The lowest BCUT2D eigenvalue weighted by Gasteiger charge is -2.25. The van der Waals surface area contributed by atoms with E-state index in [-0.39, 0.29) is 11.8 Å². The molecule has 0 aliphatic carbocycles. The van der Waals surface area contributed by atoms with Gasteiger partial charge in [0.1, 0.15) is 11.8 Å². The van der Waals surface area contributed by atoms with E-state index in [0.29, 0.717) is 31.5 Å². The highest BCUT2D eigenvalue weighted by atomic mass is 16.4. The van der Waals surface area contributed by atoms with Gasteiger partial charge < -0.3 is 15.3 Å². The first-order chi connectivity index (χ1) is 9.40. The summed E-state index contributed by atoms with van der Waals surface area (Å²) in [5.41, 5.74) is 0. The molecule has 1 aliphatic heterocycles. The SMILES string of the molecule is CC(C)C(NC(=O)CCCN1CCC(=O)CC1)C(=O)O. The van der Waals surface area contributed by atoms with Gasteiger partial charge in [0.05, 0.1) is 0 Å². The van der Waals surface area contributed by atoms with Crippen LogP contribution in [-0.4, -0.2) is 53.3 Å². The first-order valence-corrected chi connectivity index (χ1v) is 7.16. The van der Waals surface area contributed by atoms with Gasteiger partial charge in [-0.2, -0.15) is 0 Å². The second-order valence-electron chi connectivity index (χ2n) is 5.61. The minimum absolute atomic E-state index is 0.135. The maximum Gasteiger partial charge on any atom is 0.326 e. The quantitative estimate of drug-likeness (QED) is 0.717. The molecular formula is C14H24N2O4. The Kier molecular flexibility index (Phi) is 6.64. The number of Topliss-reactive ketones (excluding diaryl/α,β-unsaturated/α-hetero) is 1. The molecule has 2 N–H and O–H groups in total. The molecule has 1 amide bonds. The van der Waals surface area contributed by atoms with Crippen LogP contribution in [0.25, 0.3) is 0 Å². The van der Waals surface area contributed by atoms with E-state index in [1.54, 1.807) is 13.8 Å². The molecule has 1 saturated heterocycles. The van der Waals surface area contributed by atoms with Crippen LogP contribution in [-0.2, 0) is 14.4 Å². The van der Waals surface area contributed by atoms with Crippen molar-refractivity contribution in [3.63, 3.8) is 0 Å². The molecule has 0 saturated carbocycles. The van der Waals surface area contributed by atoms with Crippen molar-refractivity contribution in [1.29, 1.82) is 0 Å². The summed E-state index contributed by atoms with van der Waals surface area (Å²) in [5, 5.41) is 11.5. The van der Waals surface area contributed by atoms with Crippen LogP contribution in [0.3, 0.4) is 0 Å². The zero-order valence-corrected chi connectivity index (χ0v) is 12.2. The van der Waals surface area contributed by atoms with E-state index in [1.807, 2.05) is 0 Å². The van der Waals surface area contributed by atoms with Gasteiger partial charge in [-0.3, -0.25) is 9.59 Å². The second kappa shape index (κ2) is 7.99. The number of hydrogen-bond acceptors (Lipinski definition) is 4. The van der Waals surface area contributed by atoms with Crippen LogP contribution < -0.4 is 5.32 Å². The Labute approximate surface area is 119 Å². The molecule has 1 rings (SSSR count). The number of carbonyl (C=O) groups excluding carboxylic acids is 2. The summed E-state index contributed by atoms with van der Waals surface area (Å²) >= 11 is 0. The zero-order valence-electron chi connectivity index (χ0n) is 12.2. The maximum absolute atomic E-state index is 11.7. The van der Waals surface area contributed by atoms with E-state index in [0.717, 1.165) is 19.6 Å². The molecular weight excluding hydrogens is 260 g/mol. The molecule has 1 fully saturated rings. The molecule has 6 nitrogen and oxygen atoms in total. The molecule has 0 aromatic carbocycles. The fraction of sp³-hybridized carbons (Fsp3) is 0.786. The van der Waals surface area contributed by atoms with E-state index in [4.69, 9.17) is 5.11 Å². The summed E-state index contributed by atoms with van der Waals surface area (Å²) in [5.74, 6) is -1.05. The van der Waals surface area contributed by atoms with Crippen molar-refractivity contribution in [3.05, 3.63) is 0 Å². The van der Waals surface area contributed by atoms with E-state index in [2.05, 4.69) is 10.2 Å². The Balaban J connectivity index is 2.22. The second-order valence-corrected chi connectivity index (χ2v) is 5.61. The van der Waals surface area contributed by atoms with Gasteiger partial charge in [0.25, 0.3) is 0 Å². The molecule has 6 heteroatoms. The minimum Gasteiger partial charge on any atom is -0.480 e. The molecule has 0 aromatic rings. The van der Waals surface area contributed by atoms with Crippen LogP contribution in [0.4, 0.5) is 0 Å². The molecule has 1 atom stereocenters. The average molecular weight is 284 g/mol. The molecule has 20 heavy (non-hydrogen) atoms. The van der Waals surface area contributed by atoms with Crippen molar-refractivity contribution in [2.75, 3.05) is 19.6 Å². The van der Waals surface area contributed by atoms with Crippen LogP contribution >= 0.6 is 0 Å². The van der Waals surface area contributed by atoms with Gasteiger partial charge in [-0.15, -0.1) is 0 Å². The largest absolute Gasteiger partial charge is 0.480 e. The molecule has 1 heterocycles. The van der Waals surface area contributed by atoms with Crippen molar-refractivity contribution in [2.45, 2.75) is 45.6 Å². The Morgan fingerprint density at radius 3 is 2.40 bits per heavy atom. The maximum atomic E-state index is 11.7. The van der Waals surface area contributed by atoms with E-state index in [1.165, 1.54) is 0 Å². The van der Waals surface area contributed by atoms with Gasteiger partial charge in [0.15, 0.2) is 0 Å². The molecule has 1 aliphatic rings. The normalized spacial score (nSPS) is 18.1. The number of ketones is 1. The monoisotopic (exact) mass is 284 g/mol. The van der Waals surface area contributed by atoms with Crippen LogP contribution in [0.2, 0.25) is 0 Å². The highest BCUT2D eigenvalue weighted by Crippen LogP contribution is 2.07. The third-order valence-corrected chi connectivity index (χ3v) is 3.54. The number of amides is 1. The smallest absolute Gasteiger partial charge is 0.326 e. The minimum atomic E-state index is -0.997. The van der Waals surface area contributed by atoms with E-state index in [9.17, 15) is 14.4 Å². The predicted octanol–water partition coefficient (Wildman–Crippen LogP) is 0.657. The van der Waals surface area contributed by atoms with Gasteiger partial charge >= 0.3 is 5.97 Å². The van der Waals surface area contributed by atoms with Crippen LogP contribution in [0.15, 0.2) is 0 Å². The Bertz CT molecular complexity index is 358. The Morgan fingerprint density at radius 1 is 1.30 bits per heavy atom. The number of carboxylic acids is 1. The van der Waals surface area contributed by atoms with E-state index >= 15 is 0 Å². The standard InChI is InChI=1S/C14H24N2O4/c1-10(2)13(14(19)20)15-12(18)4-3-7-16-8-5-11(17)6-9-16/h10,13H,3-9H2,1-2H3,(H,15,18)(H,19,20). The van der Waals surface area contributed by atoms with Gasteiger partial charge in [-0.25, -0.2) is 4.79 Å². The van der Waals surface area contributed by atoms with Crippen LogP contribution in [0, 0.1) is 5.92 Å². The fourth-order valence-corrected chi connectivity index (χ4v) is 2.25. The molecule has 0 aromatic heterocycles. The summed E-state index contributed by atoms with van der Waals surface area (Å²) in [4.78, 5) is 35.9. The van der Waals surface area contributed by atoms with Crippen molar-refractivity contribution in [3.8, 4) is 0 Å². The predicted molar refractivity (Wildman–Crippen MR) is 74.3 cm³/mol. The third kappa shape index (κ3) is 5.69. The Morgan fingerprint density at radius 2 is 1.90 bits per heavy atom. The summed E-state index contributed by atoms with van der Waals surface area (Å²) in [6, 6.07) is -0.824. The van der Waals surface area contributed by atoms with Crippen molar-refractivity contribution in [1.82, 2.24) is 10.2 Å². The average Bonchev–Trinajstić information content (AvgIpc) is 2.37. The zero-order chi connectivity index (χ0) is 15.1. The first kappa shape index (κ1) is 16.6. The molecule has 114 valence electrons. The summed E-state index contributed by atoms with van der Waals surface area (Å²) in [6.45, 7) is 5.85. The number of likely N-dealkylation sites (tertiary alicyclic amines) is 1. The lowest BCUT2D eigenvalue weighted by atomic mass is 10.0. The summed E-state index contributed by atoms with van der Waals surface area (Å²) in [6.07, 6.45) is 2.20. The molecule has 0 bridgehead atoms. The third-order valence-electron chi connectivity index (χ3n) is 3.54. The van der Waals surface area contributed by atoms with Crippen LogP contribution in [0.1, 0.15) is 39.5 Å². The van der Waals surface area contributed by atoms with Gasteiger partial charge in [-0.1, -0.05) is 13.8 Å². The van der Waals surface area contributed by atoms with Crippen molar-refractivity contribution >= 4 is 17.7 Å². The number of carbonyl (C=O) groups is 3. The number of aliphatic carboxylic acids is 1. The van der Waals surface area contributed by atoms with Gasteiger partial charge in [0.2, 0.25) is 5.91 Å². The number of nitrogens with one attached hydrogen (secondary N) is 1. The topological polar surface area (TPSA) is 86.7 Å². The number of nitrogens with zero attached hydrogens (tertiary/aromatic N) is 1. The number of hydrogen-bond donors (Lipinski definition) is 2. The highest BCUT2D eigenvalue weighted by Gasteiger charge is 2.23. The summed E-state index contributed by atoms with van der Waals surface area (Å²) in [7, 11) is 0. The number of piperidine rings is 1. The van der Waals surface area contributed by atoms with Crippen LogP contribution in [0.5, 0.6) is 0 Å². The number of carboxylic acid groups (broad SMARTS) is 1. The molecule has 0 spiro atoms. The molecule has 0 radical (unpaired) electrons. The fourth-order valence-electron chi connectivity index (χ4n) is 2.25. The van der Waals surface area contributed by atoms with Gasteiger partial charge in [0, 0.05) is 32.4 Å². The highest BCUT2D eigenvalue weighted by molar-refractivity contribution is 5.83. The van der Waals surface area contributed by atoms with E-state index < -0.39 is 12.0 Å². The summed E-state index contributed by atoms with van der Waals surface area (Å²) < 4.78 is 0. The molecule has 1 unspecified atom stereocenters. The lowest BCUT2D eigenvalue weighted by molar-refractivity contribution is -0.143. The lowest BCUT2D eigenvalue weighted by Crippen LogP contribution is -2.44. The van der Waals surface area contributed by atoms with Crippen molar-refractivity contribution < 1.29 is 19.5 Å². The van der Waals surface area contributed by atoms with Crippen molar-refractivity contribution in [2.24, 2.45) is 5.92 Å². The first-order valence-electron chi connectivity index (χ1n) is 7.16. The number of rotatable bonds is 7. The van der Waals surface area contributed by atoms with Gasteiger partial charge in [-0.05, 0) is 18.9 Å².